The van der Waals surface area contributed by atoms with E-state index in [2.05, 4.69) is 6.92 Å². The number of carboxylic acids is 1. The van der Waals surface area contributed by atoms with Gasteiger partial charge < -0.3 is 14.7 Å². The van der Waals surface area contributed by atoms with Crippen molar-refractivity contribution in [1.82, 2.24) is 0 Å². The molecule has 2 aromatic carbocycles. The molecule has 1 aliphatic heterocycles. The second kappa shape index (κ2) is 7.46. The lowest BCUT2D eigenvalue weighted by Crippen LogP contribution is -2.33. The molecule has 4 nitrogen and oxygen atoms in total. The first-order valence-electron chi connectivity index (χ1n) is 10.8. The van der Waals surface area contributed by atoms with Crippen molar-refractivity contribution in [3.8, 4) is 5.75 Å². The number of carboxylic acid groups (broad SMARTS) is 1. The maximum absolute atomic E-state index is 15.1. The van der Waals surface area contributed by atoms with E-state index in [1.807, 2.05) is 0 Å². The average molecular weight is 431 g/mol. The molecule has 2 aromatic rings. The number of fused-ring (bicyclic) bond motifs is 1. The highest BCUT2D eigenvalue weighted by molar-refractivity contribution is 5.75. The van der Waals surface area contributed by atoms with Crippen molar-refractivity contribution in [3.63, 3.8) is 0 Å². The van der Waals surface area contributed by atoms with E-state index >= 15 is 4.39 Å². The second-order valence-corrected chi connectivity index (χ2v) is 9.12. The molecule has 2 atom stereocenters. The molecule has 0 radical (unpaired) electrons. The summed E-state index contributed by atoms with van der Waals surface area (Å²) < 4.78 is 49.8. The molecule has 2 aliphatic carbocycles. The van der Waals surface area contributed by atoms with Gasteiger partial charge in [0.1, 0.15) is 11.6 Å². The van der Waals surface area contributed by atoms with Crippen molar-refractivity contribution >= 4 is 11.7 Å². The molecule has 1 heterocycles. The van der Waals surface area contributed by atoms with Crippen LogP contribution in [0.25, 0.3) is 0 Å². The standard InChI is InChI=1S/C24H24F3NO3/c1-12-6-14(7-12)31-15-8-20(25)23(27)21(9-15)28-5-4-16-13(11-28)2-3-17(22(16)26)18-10-19(18)24(29)30/h2-3,8-9,12,14,18-19H,4-7,10-11H2,1H3,(H,29,30)/t12-,14-,18-,19+/m1/s1. The Morgan fingerprint density at radius 1 is 1.13 bits per heavy atom. The van der Waals surface area contributed by atoms with Gasteiger partial charge in [-0.2, -0.15) is 0 Å². The van der Waals surface area contributed by atoms with E-state index in [4.69, 9.17) is 9.84 Å². The molecule has 3 aliphatic rings. The number of benzene rings is 2. The molecule has 7 heteroatoms. The topological polar surface area (TPSA) is 49.8 Å². The molecule has 5 rings (SSSR count). The lowest BCUT2D eigenvalue weighted by atomic mass is 9.84. The summed E-state index contributed by atoms with van der Waals surface area (Å²) in [6, 6.07) is 6.03. The Balaban J connectivity index is 1.37. The van der Waals surface area contributed by atoms with Gasteiger partial charge in [-0.1, -0.05) is 19.1 Å². The third-order valence-corrected chi connectivity index (χ3v) is 6.83. The second-order valence-electron chi connectivity index (χ2n) is 9.12. The number of carbonyl (C=O) groups is 1. The van der Waals surface area contributed by atoms with Crippen LogP contribution in [0.3, 0.4) is 0 Å². The van der Waals surface area contributed by atoms with Crippen molar-refractivity contribution in [2.45, 2.75) is 51.2 Å². The largest absolute Gasteiger partial charge is 0.490 e. The summed E-state index contributed by atoms with van der Waals surface area (Å²) in [5.74, 6) is -3.06. The van der Waals surface area contributed by atoms with Crippen molar-refractivity contribution in [2.24, 2.45) is 11.8 Å². The highest BCUT2D eigenvalue weighted by Gasteiger charge is 2.46. The van der Waals surface area contributed by atoms with Crippen LogP contribution >= 0.6 is 0 Å². The molecule has 2 saturated carbocycles. The molecule has 0 saturated heterocycles. The first-order chi connectivity index (χ1) is 14.8. The van der Waals surface area contributed by atoms with Crippen LogP contribution in [-0.4, -0.2) is 23.7 Å². The molecule has 0 amide bonds. The summed E-state index contributed by atoms with van der Waals surface area (Å²) in [4.78, 5) is 12.8. The summed E-state index contributed by atoms with van der Waals surface area (Å²) in [7, 11) is 0. The molecule has 164 valence electrons. The van der Waals surface area contributed by atoms with E-state index in [9.17, 15) is 13.6 Å². The fourth-order valence-electron chi connectivity index (χ4n) is 4.90. The molecule has 0 bridgehead atoms. The monoisotopic (exact) mass is 431 g/mol. The maximum atomic E-state index is 15.1. The van der Waals surface area contributed by atoms with Crippen molar-refractivity contribution in [2.75, 3.05) is 11.4 Å². The number of nitrogens with zero attached hydrogens (tertiary/aromatic N) is 1. The Morgan fingerprint density at radius 2 is 1.90 bits per heavy atom. The Morgan fingerprint density at radius 3 is 2.58 bits per heavy atom. The van der Waals surface area contributed by atoms with Gasteiger partial charge in [0.15, 0.2) is 11.6 Å². The fraction of sp³-hybridized carbons (Fsp3) is 0.458. The van der Waals surface area contributed by atoms with Crippen LogP contribution in [-0.2, 0) is 17.8 Å². The van der Waals surface area contributed by atoms with Gasteiger partial charge in [-0.15, -0.1) is 0 Å². The Kier molecular flexibility index (Phi) is 4.87. The van der Waals surface area contributed by atoms with Gasteiger partial charge in [0.2, 0.25) is 0 Å². The van der Waals surface area contributed by atoms with Crippen LogP contribution < -0.4 is 9.64 Å². The normalized spacial score (nSPS) is 26.8. The summed E-state index contributed by atoms with van der Waals surface area (Å²) in [5.41, 5.74) is 1.81. The summed E-state index contributed by atoms with van der Waals surface area (Å²) >= 11 is 0. The maximum Gasteiger partial charge on any atom is 0.307 e. The number of rotatable bonds is 5. The minimum atomic E-state index is -0.958. The van der Waals surface area contributed by atoms with Crippen LogP contribution in [0.1, 0.15) is 48.8 Å². The third-order valence-electron chi connectivity index (χ3n) is 6.83. The van der Waals surface area contributed by atoms with Crippen molar-refractivity contribution in [1.29, 1.82) is 0 Å². The Labute approximate surface area is 178 Å². The molecule has 0 unspecified atom stereocenters. The van der Waals surface area contributed by atoms with E-state index in [0.29, 0.717) is 47.7 Å². The van der Waals surface area contributed by atoms with Gasteiger partial charge >= 0.3 is 5.97 Å². The Hall–Kier alpha value is -2.70. The highest BCUT2D eigenvalue weighted by Crippen LogP contribution is 2.49. The summed E-state index contributed by atoms with van der Waals surface area (Å²) in [5, 5.41) is 9.13. The predicted molar refractivity (Wildman–Crippen MR) is 109 cm³/mol. The zero-order valence-electron chi connectivity index (χ0n) is 17.2. The van der Waals surface area contributed by atoms with Gasteiger partial charge in [-0.05, 0) is 48.3 Å². The minimum Gasteiger partial charge on any atom is -0.490 e. The summed E-state index contributed by atoms with van der Waals surface area (Å²) in [6.45, 7) is 2.71. The summed E-state index contributed by atoms with van der Waals surface area (Å²) in [6.07, 6.45) is 2.62. The number of ether oxygens (including phenoxy) is 1. The average Bonchev–Trinajstić information content (AvgIpc) is 3.50. The predicted octanol–water partition coefficient (Wildman–Crippen LogP) is 5.03. The van der Waals surface area contributed by atoms with Gasteiger partial charge in [0, 0.05) is 31.1 Å². The van der Waals surface area contributed by atoms with Crippen LogP contribution in [0, 0.1) is 29.3 Å². The molecular weight excluding hydrogens is 407 g/mol. The van der Waals surface area contributed by atoms with E-state index < -0.39 is 23.5 Å². The van der Waals surface area contributed by atoms with Crippen LogP contribution in [0.15, 0.2) is 24.3 Å². The molecule has 31 heavy (non-hydrogen) atoms. The Bertz CT molecular complexity index is 1050. The number of hydrogen-bond donors (Lipinski definition) is 1. The van der Waals surface area contributed by atoms with E-state index in [-0.39, 0.29) is 30.1 Å². The zero-order chi connectivity index (χ0) is 21.9. The fourth-order valence-corrected chi connectivity index (χ4v) is 4.90. The lowest BCUT2D eigenvalue weighted by Gasteiger charge is -2.34. The molecular formula is C24H24F3NO3. The van der Waals surface area contributed by atoms with E-state index in [1.165, 1.54) is 6.07 Å². The van der Waals surface area contributed by atoms with Crippen LogP contribution in [0.5, 0.6) is 5.75 Å². The molecule has 1 N–H and O–H groups in total. The third kappa shape index (κ3) is 3.64. The molecule has 2 fully saturated rings. The number of hydrogen-bond acceptors (Lipinski definition) is 3. The number of aliphatic carboxylic acids is 1. The van der Waals surface area contributed by atoms with Crippen molar-refractivity contribution < 1.29 is 27.8 Å². The number of anilines is 1. The van der Waals surface area contributed by atoms with E-state index in [1.54, 1.807) is 17.0 Å². The van der Waals surface area contributed by atoms with Crippen LogP contribution in [0.2, 0.25) is 0 Å². The first-order valence-corrected chi connectivity index (χ1v) is 10.8. The van der Waals surface area contributed by atoms with E-state index in [0.717, 1.165) is 18.9 Å². The van der Waals surface area contributed by atoms with Gasteiger partial charge in [-0.3, -0.25) is 4.79 Å². The quantitative estimate of drug-likeness (QED) is 0.721. The number of halogens is 3. The highest BCUT2D eigenvalue weighted by atomic mass is 19.2. The first kappa shape index (κ1) is 20.2. The molecule has 0 spiro atoms. The minimum absolute atomic E-state index is 0.0272. The van der Waals surface area contributed by atoms with Gasteiger partial charge in [0.05, 0.1) is 17.7 Å². The lowest BCUT2D eigenvalue weighted by molar-refractivity contribution is -0.138. The van der Waals surface area contributed by atoms with Crippen molar-refractivity contribution in [3.05, 3.63) is 58.4 Å². The molecule has 0 aromatic heterocycles. The van der Waals surface area contributed by atoms with Gasteiger partial charge in [-0.25, -0.2) is 13.2 Å². The van der Waals surface area contributed by atoms with Gasteiger partial charge in [0.25, 0.3) is 0 Å². The zero-order valence-corrected chi connectivity index (χ0v) is 17.2. The smallest absolute Gasteiger partial charge is 0.307 e. The van der Waals surface area contributed by atoms with Crippen LogP contribution in [0.4, 0.5) is 18.9 Å². The SMILES string of the molecule is C[C@H]1C[C@H](Oc2cc(F)c(F)c(N3CCc4c(ccc([C@H]5C[C@@H]5C(=O)O)c4F)C3)c2)C1.